The largest absolute Gasteiger partial charge is 0.465 e. The summed E-state index contributed by atoms with van der Waals surface area (Å²) in [6, 6.07) is 0.0126. The standard InChI is InChI=1S/C15H20F3N3O3/c1-15(2,3)21(14(23)24)9(6-13(22)20-19)4-8-5-11(17)12(18)7-10(8)16/h5,7,9H,4,6,19H2,1-3H3,(H,20,22)(H,23,24)/t9-/m1/s1. The van der Waals surface area contributed by atoms with E-state index in [0.29, 0.717) is 12.1 Å². The maximum absolute atomic E-state index is 13.9. The number of hydrogen-bond acceptors (Lipinski definition) is 3. The van der Waals surface area contributed by atoms with Crippen LogP contribution in [0.15, 0.2) is 12.1 Å². The van der Waals surface area contributed by atoms with Gasteiger partial charge in [0.05, 0.1) is 0 Å². The maximum Gasteiger partial charge on any atom is 0.408 e. The predicted octanol–water partition coefficient (Wildman–Crippen LogP) is 2.17. The maximum atomic E-state index is 13.9. The lowest BCUT2D eigenvalue weighted by Crippen LogP contribution is -2.53. The minimum absolute atomic E-state index is 0.237. The SMILES string of the molecule is CC(C)(C)N(C(=O)O)[C@@H](CC(=O)NN)Cc1cc(F)c(F)cc1F. The van der Waals surface area contributed by atoms with E-state index in [9.17, 15) is 27.9 Å². The topological polar surface area (TPSA) is 95.7 Å². The van der Waals surface area contributed by atoms with Crippen LogP contribution in [0.25, 0.3) is 0 Å². The van der Waals surface area contributed by atoms with Crippen LogP contribution in [0.4, 0.5) is 18.0 Å². The summed E-state index contributed by atoms with van der Waals surface area (Å²) in [7, 11) is 0. The van der Waals surface area contributed by atoms with Crippen LogP contribution in [0.5, 0.6) is 0 Å². The van der Waals surface area contributed by atoms with E-state index in [1.165, 1.54) is 0 Å². The van der Waals surface area contributed by atoms with Crippen molar-refractivity contribution in [2.75, 3.05) is 0 Å². The lowest BCUT2D eigenvalue weighted by molar-refractivity contribution is -0.122. The number of hydrazine groups is 1. The smallest absolute Gasteiger partial charge is 0.408 e. The molecular weight excluding hydrogens is 327 g/mol. The number of nitrogens with one attached hydrogen (secondary N) is 1. The molecule has 0 aliphatic rings. The van der Waals surface area contributed by atoms with E-state index >= 15 is 0 Å². The number of amides is 2. The predicted molar refractivity (Wildman–Crippen MR) is 80.4 cm³/mol. The van der Waals surface area contributed by atoms with Crippen LogP contribution in [0.1, 0.15) is 32.8 Å². The molecule has 0 saturated heterocycles. The van der Waals surface area contributed by atoms with Crippen molar-refractivity contribution in [2.24, 2.45) is 5.84 Å². The van der Waals surface area contributed by atoms with Crippen LogP contribution in [0.2, 0.25) is 0 Å². The Kier molecular flexibility index (Phi) is 6.19. The summed E-state index contributed by atoms with van der Waals surface area (Å²) >= 11 is 0. The highest BCUT2D eigenvalue weighted by molar-refractivity contribution is 5.77. The second-order valence-electron chi connectivity index (χ2n) is 6.31. The van der Waals surface area contributed by atoms with Gasteiger partial charge in [0, 0.05) is 24.1 Å². The molecule has 0 fully saturated rings. The molecular formula is C15H20F3N3O3. The Morgan fingerprint density at radius 2 is 1.75 bits per heavy atom. The van der Waals surface area contributed by atoms with E-state index in [0.717, 1.165) is 4.90 Å². The number of benzene rings is 1. The summed E-state index contributed by atoms with van der Waals surface area (Å²) in [6.07, 6.45) is -2.02. The van der Waals surface area contributed by atoms with Crippen molar-refractivity contribution in [3.05, 3.63) is 35.1 Å². The molecule has 4 N–H and O–H groups in total. The normalized spacial score (nSPS) is 12.6. The molecule has 1 aromatic rings. The summed E-state index contributed by atoms with van der Waals surface area (Å²) in [6.45, 7) is 4.78. The molecule has 0 aliphatic heterocycles. The molecule has 2 amide bonds. The van der Waals surface area contributed by atoms with E-state index in [2.05, 4.69) is 0 Å². The van der Waals surface area contributed by atoms with Crippen molar-refractivity contribution in [3.8, 4) is 0 Å². The molecule has 9 heteroatoms. The Labute approximate surface area is 137 Å². The number of carbonyl (C=O) groups is 2. The molecule has 1 rings (SSSR count). The van der Waals surface area contributed by atoms with Crippen molar-refractivity contribution in [3.63, 3.8) is 0 Å². The second kappa shape index (κ2) is 7.52. The highest BCUT2D eigenvalue weighted by Gasteiger charge is 2.35. The summed E-state index contributed by atoms with van der Waals surface area (Å²) in [5, 5.41) is 9.45. The van der Waals surface area contributed by atoms with Crippen molar-refractivity contribution >= 4 is 12.0 Å². The number of hydrogen-bond donors (Lipinski definition) is 3. The van der Waals surface area contributed by atoms with Gasteiger partial charge in [-0.3, -0.25) is 15.1 Å². The summed E-state index contributed by atoms with van der Waals surface area (Å²) in [5.41, 5.74) is 0.722. The zero-order valence-corrected chi connectivity index (χ0v) is 13.6. The highest BCUT2D eigenvalue weighted by atomic mass is 19.2. The Balaban J connectivity index is 3.26. The van der Waals surface area contributed by atoms with Gasteiger partial charge in [-0.2, -0.15) is 0 Å². The first-order valence-corrected chi connectivity index (χ1v) is 7.12. The van der Waals surface area contributed by atoms with Gasteiger partial charge in [0.2, 0.25) is 5.91 Å². The van der Waals surface area contributed by atoms with Gasteiger partial charge in [-0.15, -0.1) is 0 Å². The molecule has 1 aromatic carbocycles. The molecule has 0 heterocycles. The first kappa shape index (κ1) is 19.8. The fourth-order valence-electron chi connectivity index (χ4n) is 2.49. The van der Waals surface area contributed by atoms with E-state index in [1.54, 1.807) is 20.8 Å². The zero-order valence-electron chi connectivity index (χ0n) is 13.6. The van der Waals surface area contributed by atoms with Crippen LogP contribution in [0.3, 0.4) is 0 Å². The summed E-state index contributed by atoms with van der Waals surface area (Å²) in [4.78, 5) is 24.1. The monoisotopic (exact) mass is 347 g/mol. The average molecular weight is 347 g/mol. The molecule has 0 aliphatic carbocycles. The molecule has 6 nitrogen and oxygen atoms in total. The summed E-state index contributed by atoms with van der Waals surface area (Å²) < 4.78 is 40.3. The molecule has 1 atom stereocenters. The van der Waals surface area contributed by atoms with E-state index in [4.69, 9.17) is 5.84 Å². The van der Waals surface area contributed by atoms with Crippen LogP contribution in [0, 0.1) is 17.5 Å². The summed E-state index contributed by atoms with van der Waals surface area (Å²) in [5.74, 6) is 0.727. The van der Waals surface area contributed by atoms with E-state index in [-0.39, 0.29) is 18.4 Å². The highest BCUT2D eigenvalue weighted by Crippen LogP contribution is 2.24. The molecule has 24 heavy (non-hydrogen) atoms. The van der Waals surface area contributed by atoms with Gasteiger partial charge in [0.15, 0.2) is 11.6 Å². The Hall–Kier alpha value is -2.29. The van der Waals surface area contributed by atoms with Crippen LogP contribution < -0.4 is 11.3 Å². The van der Waals surface area contributed by atoms with Gasteiger partial charge < -0.3 is 5.11 Å². The minimum atomic E-state index is -1.35. The fourth-order valence-corrected chi connectivity index (χ4v) is 2.49. The van der Waals surface area contributed by atoms with Crippen LogP contribution >= 0.6 is 0 Å². The lowest BCUT2D eigenvalue weighted by atomic mass is 9.95. The third-order valence-electron chi connectivity index (χ3n) is 3.42. The number of nitrogens with two attached hydrogens (primary N) is 1. The Morgan fingerprint density at radius 1 is 1.21 bits per heavy atom. The van der Waals surface area contributed by atoms with E-state index in [1.807, 2.05) is 5.43 Å². The number of nitrogens with zero attached hydrogens (tertiary/aromatic N) is 1. The fraction of sp³-hybridized carbons (Fsp3) is 0.467. The second-order valence-corrected chi connectivity index (χ2v) is 6.31. The lowest BCUT2D eigenvalue weighted by Gasteiger charge is -2.39. The third-order valence-corrected chi connectivity index (χ3v) is 3.42. The molecule has 0 radical (unpaired) electrons. The van der Waals surface area contributed by atoms with Crippen molar-refractivity contribution in [2.45, 2.75) is 45.2 Å². The molecule has 0 unspecified atom stereocenters. The average Bonchev–Trinajstić information content (AvgIpc) is 2.42. The number of carbonyl (C=O) groups excluding carboxylic acids is 1. The van der Waals surface area contributed by atoms with Gasteiger partial charge >= 0.3 is 6.09 Å². The van der Waals surface area contributed by atoms with Gasteiger partial charge in [-0.05, 0) is 38.8 Å². The van der Waals surface area contributed by atoms with Gasteiger partial charge in [-0.25, -0.2) is 23.8 Å². The third kappa shape index (κ3) is 4.85. The quantitative estimate of drug-likeness (QED) is 0.329. The Morgan fingerprint density at radius 3 is 2.21 bits per heavy atom. The molecule has 0 aromatic heterocycles. The number of halogens is 3. The zero-order chi connectivity index (χ0) is 18.7. The molecule has 0 saturated carbocycles. The van der Waals surface area contributed by atoms with Crippen molar-refractivity contribution in [1.29, 1.82) is 0 Å². The van der Waals surface area contributed by atoms with E-state index < -0.39 is 41.0 Å². The van der Waals surface area contributed by atoms with Gasteiger partial charge in [-0.1, -0.05) is 0 Å². The van der Waals surface area contributed by atoms with Gasteiger partial charge in [0.25, 0.3) is 0 Å². The molecule has 0 spiro atoms. The van der Waals surface area contributed by atoms with Crippen LogP contribution in [-0.4, -0.2) is 33.6 Å². The molecule has 134 valence electrons. The first-order chi connectivity index (χ1) is 11.0. The number of carboxylic acid groups (broad SMARTS) is 1. The van der Waals surface area contributed by atoms with Crippen molar-refractivity contribution < 1.29 is 27.9 Å². The van der Waals surface area contributed by atoms with Gasteiger partial charge in [0.1, 0.15) is 5.82 Å². The number of rotatable bonds is 5. The Bertz CT molecular complexity index is 632. The minimum Gasteiger partial charge on any atom is -0.465 e. The van der Waals surface area contributed by atoms with Crippen molar-refractivity contribution in [1.82, 2.24) is 10.3 Å². The first-order valence-electron chi connectivity index (χ1n) is 7.12. The van der Waals surface area contributed by atoms with Crippen LogP contribution in [-0.2, 0) is 11.2 Å². The molecule has 0 bridgehead atoms.